The molecule has 3 N–H and O–H groups in total. The number of carboxylic acid groups (broad SMARTS) is 1. The first-order chi connectivity index (χ1) is 17.6. The Morgan fingerprint density at radius 3 is 2.19 bits per heavy atom. The van der Waals surface area contributed by atoms with Gasteiger partial charge in [-0.25, -0.2) is 0 Å². The number of carbonyl (C=O) groups excluding carboxylic acids is 1. The van der Waals surface area contributed by atoms with Gasteiger partial charge < -0.3 is 15.5 Å². The Balaban J connectivity index is 1.89. The number of aliphatic carboxylic acids is 1. The number of hydrogen-bond acceptors (Lipinski definition) is 4. The number of hydrogen-bond donors (Lipinski definition) is 3. The normalized spacial score (nSPS) is 11.5. The highest BCUT2D eigenvalue weighted by atomic mass is 19.4. The molecule has 0 aliphatic carbocycles. The number of phenolic OH excluding ortho intramolecular Hbond substituents is 1. The van der Waals surface area contributed by atoms with Crippen LogP contribution in [0.1, 0.15) is 68.1 Å². The number of phenols is 1. The molecule has 0 saturated carbocycles. The van der Waals surface area contributed by atoms with Crippen LogP contribution in [-0.4, -0.2) is 33.5 Å². The number of carbonyl (C=O) groups is 2. The molecule has 1 amide bonds. The van der Waals surface area contributed by atoms with E-state index in [1.807, 2.05) is 6.08 Å². The number of allylic oxidation sites excluding steroid dienone is 1. The maximum Gasteiger partial charge on any atom is 0.416 e. The molecule has 2 aromatic carbocycles. The van der Waals surface area contributed by atoms with Crippen molar-refractivity contribution >= 4 is 17.6 Å². The van der Waals surface area contributed by atoms with Crippen LogP contribution in [0.25, 0.3) is 0 Å². The van der Waals surface area contributed by atoms with Crippen LogP contribution < -0.4 is 5.32 Å². The average molecular weight is 521 g/mol. The first-order valence-electron chi connectivity index (χ1n) is 12.4. The number of halogens is 3. The van der Waals surface area contributed by atoms with E-state index in [1.54, 1.807) is 12.1 Å². The fourth-order valence-electron chi connectivity index (χ4n) is 3.94. The summed E-state index contributed by atoms with van der Waals surface area (Å²) in [5.41, 5.74) is 0.593. The Bertz CT molecular complexity index is 1020. The van der Waals surface area contributed by atoms with Crippen molar-refractivity contribution in [2.45, 2.75) is 70.6 Å². The van der Waals surface area contributed by atoms with Crippen LogP contribution in [0, 0.1) is 0 Å². The Morgan fingerprint density at radius 2 is 1.59 bits per heavy atom. The molecule has 9 heteroatoms. The van der Waals surface area contributed by atoms with E-state index in [-0.39, 0.29) is 31.3 Å². The average Bonchev–Trinajstić information content (AvgIpc) is 2.82. The Morgan fingerprint density at radius 1 is 0.946 bits per heavy atom. The second kappa shape index (κ2) is 15.0. The van der Waals surface area contributed by atoms with E-state index in [9.17, 15) is 33.0 Å². The van der Waals surface area contributed by atoms with Crippen LogP contribution in [0.4, 0.5) is 18.9 Å². The molecule has 0 saturated heterocycles. The van der Waals surface area contributed by atoms with Crippen molar-refractivity contribution in [1.29, 1.82) is 0 Å². The van der Waals surface area contributed by atoms with E-state index < -0.39 is 17.7 Å². The van der Waals surface area contributed by atoms with E-state index >= 15 is 0 Å². The summed E-state index contributed by atoms with van der Waals surface area (Å²) in [7, 11) is 0. The number of amides is 1. The smallest absolute Gasteiger partial charge is 0.416 e. The molecule has 0 unspecified atom stereocenters. The fraction of sp³-hybridized carbons (Fsp3) is 0.429. The second-order valence-electron chi connectivity index (χ2n) is 9.07. The summed E-state index contributed by atoms with van der Waals surface area (Å²) < 4.78 is 38.4. The van der Waals surface area contributed by atoms with Crippen LogP contribution in [0.3, 0.4) is 0 Å². The Labute approximate surface area is 215 Å². The van der Waals surface area contributed by atoms with E-state index in [4.69, 9.17) is 0 Å². The number of aromatic hydroxyl groups is 1. The van der Waals surface area contributed by atoms with Gasteiger partial charge in [0.25, 0.3) is 0 Å². The topological polar surface area (TPSA) is 89.9 Å². The first-order valence-corrected chi connectivity index (χ1v) is 12.4. The molecule has 0 radical (unpaired) electrons. The van der Waals surface area contributed by atoms with Gasteiger partial charge in [-0.05, 0) is 43.0 Å². The van der Waals surface area contributed by atoms with Crippen molar-refractivity contribution in [3.05, 3.63) is 71.8 Å². The molecule has 202 valence electrons. The van der Waals surface area contributed by atoms with Crippen LogP contribution in [0.5, 0.6) is 5.75 Å². The summed E-state index contributed by atoms with van der Waals surface area (Å²) in [6.07, 6.45) is 5.18. The van der Waals surface area contributed by atoms with Gasteiger partial charge in [-0.3, -0.25) is 14.5 Å². The number of benzene rings is 2. The zero-order valence-electron chi connectivity index (χ0n) is 20.9. The van der Waals surface area contributed by atoms with E-state index in [0.717, 1.165) is 57.1 Å². The van der Waals surface area contributed by atoms with Gasteiger partial charge in [0.2, 0.25) is 5.91 Å². The maximum atomic E-state index is 12.8. The molecule has 0 fully saturated rings. The minimum absolute atomic E-state index is 0.0557. The molecule has 0 bridgehead atoms. The highest BCUT2D eigenvalue weighted by Crippen LogP contribution is 2.29. The standard InChI is InChI=1S/C28H35F3N2O4/c1-2-3-4-5-6-7-8-9-10-26(35)32-24-16-13-22(25(34)17-24)19-33(20-27(36)37)18-21-11-14-23(15-12-21)28(29,30)31/h2,11-17,34H,1,3-10,18-20H2,(H,32,35)(H,36,37). The third kappa shape index (κ3) is 11.5. The number of rotatable bonds is 16. The van der Waals surface area contributed by atoms with Crippen LogP contribution in [-0.2, 0) is 28.9 Å². The summed E-state index contributed by atoms with van der Waals surface area (Å²) in [4.78, 5) is 25.0. The summed E-state index contributed by atoms with van der Waals surface area (Å²) in [6.45, 7) is 3.47. The minimum atomic E-state index is -4.45. The predicted molar refractivity (Wildman–Crippen MR) is 137 cm³/mol. The molecule has 0 aliphatic rings. The van der Waals surface area contributed by atoms with Gasteiger partial charge in [-0.1, -0.05) is 50.0 Å². The summed E-state index contributed by atoms with van der Waals surface area (Å²) in [5.74, 6) is -1.36. The third-order valence-electron chi connectivity index (χ3n) is 5.87. The predicted octanol–water partition coefficient (Wildman–Crippen LogP) is 6.74. The van der Waals surface area contributed by atoms with Gasteiger partial charge >= 0.3 is 12.1 Å². The molecule has 0 aromatic heterocycles. The summed E-state index contributed by atoms with van der Waals surface area (Å²) in [5, 5.41) is 22.5. The quantitative estimate of drug-likeness (QED) is 0.168. The SMILES string of the molecule is C=CCCCCCCCCC(=O)Nc1ccc(CN(CC(=O)O)Cc2ccc(C(F)(F)F)cc2)c(O)c1. The van der Waals surface area contributed by atoms with Gasteiger partial charge in [0.15, 0.2) is 0 Å². The van der Waals surface area contributed by atoms with Gasteiger partial charge in [-0.2, -0.15) is 13.2 Å². The lowest BCUT2D eigenvalue weighted by Gasteiger charge is -2.21. The van der Waals surface area contributed by atoms with E-state index in [0.29, 0.717) is 23.2 Å². The summed E-state index contributed by atoms with van der Waals surface area (Å²) in [6, 6.07) is 9.14. The number of nitrogens with one attached hydrogen (secondary N) is 1. The molecule has 2 aromatic rings. The number of carboxylic acids is 1. The zero-order valence-corrected chi connectivity index (χ0v) is 20.9. The number of nitrogens with zero attached hydrogens (tertiary/aromatic N) is 1. The molecule has 0 heterocycles. The second-order valence-corrected chi connectivity index (χ2v) is 9.07. The van der Waals surface area contributed by atoms with E-state index in [1.165, 1.54) is 23.1 Å². The van der Waals surface area contributed by atoms with Gasteiger partial charge in [0.05, 0.1) is 12.1 Å². The zero-order chi connectivity index (χ0) is 27.3. The highest BCUT2D eigenvalue weighted by Gasteiger charge is 2.30. The van der Waals surface area contributed by atoms with Crippen LogP contribution in [0.15, 0.2) is 55.1 Å². The Hall–Kier alpha value is -3.33. The molecule has 0 atom stereocenters. The lowest BCUT2D eigenvalue weighted by atomic mass is 10.1. The molecule has 37 heavy (non-hydrogen) atoms. The van der Waals surface area contributed by atoms with Crippen LogP contribution in [0.2, 0.25) is 0 Å². The van der Waals surface area contributed by atoms with Crippen molar-refractivity contribution in [1.82, 2.24) is 4.90 Å². The fourth-order valence-corrected chi connectivity index (χ4v) is 3.94. The van der Waals surface area contributed by atoms with Crippen LogP contribution >= 0.6 is 0 Å². The molecular formula is C28H35F3N2O4. The summed E-state index contributed by atoms with van der Waals surface area (Å²) >= 11 is 0. The third-order valence-corrected chi connectivity index (χ3v) is 5.87. The van der Waals surface area contributed by atoms with E-state index in [2.05, 4.69) is 11.9 Å². The van der Waals surface area contributed by atoms with Crippen molar-refractivity contribution in [3.63, 3.8) is 0 Å². The number of unbranched alkanes of at least 4 members (excludes halogenated alkanes) is 6. The molecule has 2 rings (SSSR count). The lowest BCUT2D eigenvalue weighted by Crippen LogP contribution is -2.29. The van der Waals surface area contributed by atoms with Gasteiger partial charge in [0.1, 0.15) is 5.75 Å². The van der Waals surface area contributed by atoms with Gasteiger partial charge in [0, 0.05) is 36.8 Å². The molecule has 0 aliphatic heterocycles. The monoisotopic (exact) mass is 520 g/mol. The van der Waals surface area contributed by atoms with Crippen molar-refractivity contribution < 1.29 is 33.0 Å². The molecule has 6 nitrogen and oxygen atoms in total. The van der Waals surface area contributed by atoms with Crippen molar-refractivity contribution in [2.75, 3.05) is 11.9 Å². The highest BCUT2D eigenvalue weighted by molar-refractivity contribution is 5.90. The Kier molecular flexibility index (Phi) is 12.2. The van der Waals surface area contributed by atoms with Crippen molar-refractivity contribution in [2.24, 2.45) is 0 Å². The maximum absolute atomic E-state index is 12.8. The van der Waals surface area contributed by atoms with Crippen molar-refractivity contribution in [3.8, 4) is 5.75 Å². The largest absolute Gasteiger partial charge is 0.508 e. The number of anilines is 1. The first kappa shape index (κ1) is 29.9. The molecule has 0 spiro atoms. The lowest BCUT2D eigenvalue weighted by molar-refractivity contribution is -0.139. The minimum Gasteiger partial charge on any atom is -0.508 e. The number of alkyl halides is 3. The van der Waals surface area contributed by atoms with Gasteiger partial charge in [-0.15, -0.1) is 6.58 Å². The molecular weight excluding hydrogens is 485 g/mol.